The molecule has 25 atom stereocenters. The first-order valence-corrected chi connectivity index (χ1v) is 78.7. The number of carboxylic acid groups (broad SMARTS) is 3. The van der Waals surface area contributed by atoms with Gasteiger partial charge in [-0.25, -0.2) is 0 Å². The number of carboxylic acids is 3. The number of ketones is 4. The zero-order valence-electron chi connectivity index (χ0n) is 71.5. The molecule has 742 valence electrons. The van der Waals surface area contributed by atoms with Gasteiger partial charge in [0.15, 0.2) is 5.78 Å². The third kappa shape index (κ3) is 41.4. The van der Waals surface area contributed by atoms with Crippen LogP contribution in [0.3, 0.4) is 0 Å². The van der Waals surface area contributed by atoms with Crippen LogP contribution in [0, 0.1) is 134 Å². The van der Waals surface area contributed by atoms with E-state index >= 15 is 0 Å². The lowest BCUT2D eigenvalue weighted by atomic mass is 9.47. The molecule has 0 spiro atoms. The number of ether oxygens (including phenoxy) is 1. The van der Waals surface area contributed by atoms with E-state index in [2.05, 4.69) is 136 Å². The molecule has 0 amide bonds. The molecule has 0 radical (unpaired) electrons. The highest BCUT2D eigenvalue weighted by molar-refractivity contribution is 8.76. The Morgan fingerprint density at radius 2 is 0.689 bits per heavy atom. The van der Waals surface area contributed by atoms with Crippen LogP contribution in [-0.2, 0) is 388 Å². The summed E-state index contributed by atoms with van der Waals surface area (Å²) in [4.78, 5) is 163. The topological polar surface area (TPSA) is 390 Å². The maximum absolute atomic E-state index is 13.1. The Morgan fingerprint density at radius 3 is 0.992 bits per heavy atom. The van der Waals surface area contributed by atoms with Gasteiger partial charge in [-0.3, -0.25) is 38.4 Å². The maximum Gasteiger partial charge on any atom is 0.373 e. The molecule has 0 aromatic carbocycles. The van der Waals surface area contributed by atoms with Crippen LogP contribution in [0.25, 0.3) is 6.08 Å². The smallest absolute Gasteiger partial charge is 0.373 e. The first-order valence-electron chi connectivity index (χ1n) is 38.7. The zero-order chi connectivity index (χ0) is 99.2. The number of hydrogen-bond donors (Lipinski definition) is 4. The summed E-state index contributed by atoms with van der Waals surface area (Å²) in [6, 6.07) is 3.69. The highest BCUT2D eigenvalue weighted by Gasteiger charge is 2.62. The molecule has 1 saturated heterocycles. The molecule has 0 unspecified atom stereocenters. The molecule has 1 aliphatic heterocycles. The van der Waals surface area contributed by atoms with E-state index in [1.807, 2.05) is 45.1 Å². The average Bonchev–Trinajstić information content (AvgIpc) is 0.810. The summed E-state index contributed by atoms with van der Waals surface area (Å²) in [6.07, 6.45) is 23.4. The number of cyclic esters (lactones) is 1. The summed E-state index contributed by atoms with van der Waals surface area (Å²) in [7, 11) is 43.5. The fraction of sp³-hybridized carbons (Fsp3) is 0.658. The number of carbonyl (C=O) groups is 8. The second kappa shape index (κ2) is 72.3. The van der Waals surface area contributed by atoms with E-state index in [0.29, 0.717) is 49.2 Å². The highest BCUT2D eigenvalue weighted by atomic mass is 33.5. The van der Waals surface area contributed by atoms with Crippen molar-refractivity contribution in [1.82, 2.24) is 0 Å². The van der Waals surface area contributed by atoms with Gasteiger partial charge in [0, 0.05) is 377 Å². The van der Waals surface area contributed by atoms with E-state index in [1.54, 1.807) is 224 Å². The van der Waals surface area contributed by atoms with Crippen molar-refractivity contribution in [3.05, 3.63) is 79.7 Å². The van der Waals surface area contributed by atoms with Crippen LogP contribution >= 0.6 is 0 Å². The predicted molar refractivity (Wildman–Crippen MR) is 593 cm³/mol. The molecule has 0 bridgehead atoms. The summed E-state index contributed by atoms with van der Waals surface area (Å²) < 4.78 is 15.9. The van der Waals surface area contributed by atoms with Gasteiger partial charge >= 0.3 is 48.5 Å². The van der Waals surface area contributed by atoms with Crippen LogP contribution in [0.4, 0.5) is 0 Å². The lowest BCUT2D eigenvalue weighted by molar-refractivity contribution is -0.193. The number of aliphatic hydroxyl groups excluding tert-OH is 1. The molecular weight excluding hydrogens is 2340 g/mol. The minimum absolute atomic E-state index is 0. The fourth-order valence-corrected chi connectivity index (χ4v) is 76.9. The molecule has 8 saturated carbocycles. The van der Waals surface area contributed by atoms with E-state index < -0.39 is 47.7 Å². The van der Waals surface area contributed by atoms with E-state index in [1.165, 1.54) is 53.3 Å². The van der Waals surface area contributed by atoms with E-state index in [4.69, 9.17) is 51.9 Å². The predicted octanol–water partition coefficient (Wildman–Crippen LogP) is 11.7. The van der Waals surface area contributed by atoms with Gasteiger partial charge in [0.25, 0.3) is 0 Å². The number of aliphatic hydroxyl groups is 1. The minimum Gasteiger partial charge on any atom is -0.481 e. The van der Waals surface area contributed by atoms with Gasteiger partial charge in [0.2, 0.25) is 0 Å². The second-order valence-electron chi connectivity index (χ2n) is 31.6. The molecule has 2 aromatic rings. The van der Waals surface area contributed by atoms with Crippen molar-refractivity contribution in [2.75, 3.05) is 0 Å². The molecular formula is C76H102O23S33. The number of carbonyl (C=O) groups excluding carboxylic acids is 13. The van der Waals surface area contributed by atoms with Crippen LogP contribution in [0.2, 0.25) is 0 Å². The van der Waals surface area contributed by atoms with E-state index in [-0.39, 0.29) is 154 Å². The summed E-state index contributed by atoms with van der Waals surface area (Å²) in [5.74, 6) is -3.33. The van der Waals surface area contributed by atoms with Crippen molar-refractivity contribution in [1.29, 1.82) is 0 Å². The summed E-state index contributed by atoms with van der Waals surface area (Å²) in [5.41, 5.74) is 1.42. The van der Waals surface area contributed by atoms with Gasteiger partial charge in [0.05, 0.1) is 48.7 Å². The molecule has 9 aliphatic rings. The number of furan rings is 2. The van der Waals surface area contributed by atoms with Gasteiger partial charge in [-0.1, -0.05) is 108 Å². The van der Waals surface area contributed by atoms with Gasteiger partial charge in [-0.2, -0.15) is 38.4 Å². The van der Waals surface area contributed by atoms with Crippen LogP contribution in [-0.4, -0.2) is 98.1 Å². The first-order chi connectivity index (χ1) is 62.3. The fourth-order valence-electron chi connectivity index (χ4n) is 19.2. The third-order valence-corrected chi connectivity index (χ3v) is 79.0. The first kappa shape index (κ1) is 131. The Morgan fingerprint density at radius 1 is 0.409 bits per heavy atom. The molecule has 9 fully saturated rings. The summed E-state index contributed by atoms with van der Waals surface area (Å²) in [5, 5.41) is 38.3. The standard InChI is InChI=1S/2C20H26O4.C16H24O3.C15H22O4.4CO2.CH4.S12.S11.S10/c1-11-8-12(2)20(3)6-4-14-15(17(20)18(11)21)9-16(24-19(14)22)13-5-7-23-10-13;1-12-10-13(2)20(3)8-6-16(19(22)23)15(17(20)18(12)21)5-4-14-7-9-24-11-14;1-5-11-12(15(18)19)6-7-16(4)10(3)8-9(2)14(17)13(11)16;1-4-9-10(14(18)19)5-6-15(3)8(2)7-11(16)13(17)12(9)15;4*2-1-3;;1-3-5-7-9-11-12-10-8-6-4-2;1-3-5-7-9-11-10-8-6-4-2;1-3-5-7-9-10-8-6-4-2/h5,7,10-12,14-17H,4,6,8-9H2,1-3H3;4-5,7,9,11-13,15-17H,6,8,10H2,1-3H3,(H,22,23);5,9-13H,1,6-8H2,2-4H3,(H,18,19);4,8-12,16H,1,5-7H2,2-3H3,(H,18,19);;;;;1H4;;;/b;5-4+;;;;;;;;;;/t11-,12+,14+,15-,16-,17-,20-;12-,13+,15-,16+,17-,20-;9-,10+,11-,12+,13-,16-;8-,9+,10-,11-,12+,15+;;;;;;;;/m0001......../s1. The normalized spacial score (nSPS) is 30.8. The lowest BCUT2D eigenvalue weighted by Crippen LogP contribution is -2.56. The van der Waals surface area contributed by atoms with Gasteiger partial charge in [-0.15, -0.1) is 13.2 Å². The molecule has 8 aliphatic carbocycles. The summed E-state index contributed by atoms with van der Waals surface area (Å²) in [6.45, 7) is 31.0. The summed E-state index contributed by atoms with van der Waals surface area (Å²) >= 11 is 28.0. The Bertz CT molecular complexity index is 5580. The Balaban J connectivity index is 0.00000151. The minimum atomic E-state index is -0.955. The Labute approximate surface area is 876 Å². The van der Waals surface area contributed by atoms with Crippen LogP contribution in [0.1, 0.15) is 184 Å². The third-order valence-electron chi connectivity index (χ3n) is 25.7. The molecule has 11 rings (SSSR count). The maximum atomic E-state index is 13.1. The number of aliphatic carboxylic acids is 3. The number of rotatable bonds is 8. The number of hydrogen-bond acceptors (Lipinski definition) is 26. The van der Waals surface area contributed by atoms with Gasteiger partial charge < -0.3 is 34.0 Å². The quantitative estimate of drug-likeness (QED) is 0.141. The van der Waals surface area contributed by atoms with Gasteiger partial charge in [0.1, 0.15) is 29.6 Å². The number of allylic oxidation sites excluding steroid dienone is 3. The Kier molecular flexibility index (Phi) is 71.8. The molecule has 132 heavy (non-hydrogen) atoms. The number of esters is 1. The highest BCUT2D eigenvalue weighted by Crippen LogP contribution is 2.62. The number of fused-ring (bicyclic) bond motifs is 6. The van der Waals surface area contributed by atoms with E-state index in [9.17, 15) is 58.8 Å². The van der Waals surface area contributed by atoms with Gasteiger partial charge in [-0.05, 0) is 147 Å². The Hall–Kier alpha value is -0.920. The molecule has 2 aromatic heterocycles. The molecule has 4 N–H and O–H groups in total. The largest absolute Gasteiger partial charge is 0.481 e. The monoisotopic (exact) mass is 2440 g/mol. The molecule has 3 heterocycles. The second-order valence-corrected chi connectivity index (χ2v) is 79.3. The van der Waals surface area contributed by atoms with Crippen molar-refractivity contribution >= 4 is 385 Å². The zero-order valence-corrected chi connectivity index (χ0v) is 98.5. The van der Waals surface area contributed by atoms with Crippen molar-refractivity contribution in [2.45, 2.75) is 179 Å². The molecule has 56 heteroatoms. The number of Topliss-reactive ketones (excluding diaryl/α,β-unsaturated/α-hetero) is 4. The van der Waals surface area contributed by atoms with Crippen molar-refractivity contribution < 1.29 is 111 Å². The van der Waals surface area contributed by atoms with Crippen molar-refractivity contribution in [3.63, 3.8) is 0 Å². The molecule has 23 nitrogen and oxygen atoms in total. The van der Waals surface area contributed by atoms with Crippen LogP contribution in [0.5, 0.6) is 0 Å². The average molecular weight is 2440 g/mol. The lowest BCUT2D eigenvalue weighted by Gasteiger charge is -2.56. The van der Waals surface area contributed by atoms with Crippen LogP contribution in [0.15, 0.2) is 77.4 Å². The van der Waals surface area contributed by atoms with E-state index in [0.717, 1.165) is 68.9 Å². The van der Waals surface area contributed by atoms with Crippen molar-refractivity contribution in [3.8, 4) is 0 Å². The van der Waals surface area contributed by atoms with Crippen LogP contribution < -0.4 is 0 Å². The van der Waals surface area contributed by atoms with Crippen molar-refractivity contribution in [2.24, 2.45) is 134 Å². The SMILES string of the molecule is C.C=C[C@@H]1[C@H]2C(=O)[C@@H](C)C[C@@H](C)[C@]2(C)CC[C@H]1C(=O)O.C=C[C@@H]1[C@H]2C(=O)[C@H](O)C[C@@H](C)[C@]2(C)CC[C@H]1C(=O)O.C[C@@H]1C[C@H](C)C(=O)[C@@H]2[C@@H](/C=C/c3ccoc3)[C@H](C(=O)O)CC[C@@]12C.C[C@@H]1C[C@H](C)C(=O)[C@@H]2[C@H]3C[C@@H](c4ccoc4)OC(=O)[C@@H]3CC[C@@]12C.O=C=O.O=C=O.O=C=O.O=C=O.S=S=S=S=S=S=S=S=S=S.S=S=S=S=S=S=S=S=S=S=S.S=S=S=S=S=S=S=S=S=S=S=S.